The molecule has 0 unspecified atom stereocenters. The maximum Gasteiger partial charge on any atom is 0.240 e. The van der Waals surface area contributed by atoms with Crippen molar-refractivity contribution < 1.29 is 13.2 Å². The molecule has 0 aliphatic heterocycles. The van der Waals surface area contributed by atoms with Crippen molar-refractivity contribution in [3.05, 3.63) is 30.3 Å². The van der Waals surface area contributed by atoms with Gasteiger partial charge in [-0.2, -0.15) is 0 Å². The smallest absolute Gasteiger partial charge is 0.240 e. The van der Waals surface area contributed by atoms with E-state index in [9.17, 15) is 13.2 Å². The Balaban J connectivity index is 1.74. The molecule has 0 aromatic heterocycles. The third-order valence-corrected chi connectivity index (χ3v) is 5.39. The summed E-state index contributed by atoms with van der Waals surface area (Å²) in [6.45, 7) is 0.121. The molecule has 0 heterocycles. The molecule has 0 atom stereocenters. The van der Waals surface area contributed by atoms with Crippen molar-refractivity contribution in [1.82, 2.24) is 10.0 Å². The molecule has 1 aliphatic rings. The van der Waals surface area contributed by atoms with Crippen LogP contribution in [-0.4, -0.2) is 26.9 Å². The number of hydrogen-bond acceptors (Lipinski definition) is 3. The van der Waals surface area contributed by atoms with Gasteiger partial charge in [-0.3, -0.25) is 4.79 Å². The average Bonchev–Trinajstić information content (AvgIpc) is 2.76. The van der Waals surface area contributed by atoms with E-state index in [4.69, 9.17) is 0 Å². The van der Waals surface area contributed by atoms with Crippen LogP contribution in [-0.2, 0) is 14.8 Å². The predicted molar refractivity (Wildman–Crippen MR) is 85.9 cm³/mol. The number of amides is 1. The van der Waals surface area contributed by atoms with Gasteiger partial charge in [-0.1, -0.05) is 43.9 Å². The minimum atomic E-state index is -3.52. The fourth-order valence-electron chi connectivity index (χ4n) is 2.71. The fourth-order valence-corrected chi connectivity index (χ4v) is 3.76. The Morgan fingerprint density at radius 3 is 2.32 bits per heavy atom. The SMILES string of the molecule is O=C(CCNS(=O)(=O)c1ccccc1)NC1CCCCCC1. The highest BCUT2D eigenvalue weighted by atomic mass is 32.2. The first kappa shape index (κ1) is 17.0. The first-order valence-corrected chi connectivity index (χ1v) is 9.40. The zero-order chi connectivity index (χ0) is 15.8. The maximum atomic E-state index is 12.0. The molecule has 5 nitrogen and oxygen atoms in total. The summed E-state index contributed by atoms with van der Waals surface area (Å²) in [6.07, 6.45) is 7.02. The molecular formula is C16H24N2O3S. The lowest BCUT2D eigenvalue weighted by molar-refractivity contribution is -0.121. The van der Waals surface area contributed by atoms with Crippen molar-refractivity contribution in [2.75, 3.05) is 6.54 Å². The summed E-state index contributed by atoms with van der Waals surface area (Å²) in [4.78, 5) is 12.1. The second kappa shape index (κ2) is 8.29. The van der Waals surface area contributed by atoms with Gasteiger partial charge in [0.05, 0.1) is 4.90 Å². The van der Waals surface area contributed by atoms with E-state index < -0.39 is 10.0 Å². The normalized spacial score (nSPS) is 16.9. The van der Waals surface area contributed by atoms with Crippen LogP contribution in [0.4, 0.5) is 0 Å². The molecule has 0 bridgehead atoms. The largest absolute Gasteiger partial charge is 0.353 e. The van der Waals surface area contributed by atoms with E-state index in [1.807, 2.05) is 0 Å². The standard InChI is InChI=1S/C16H24N2O3S/c19-16(18-14-8-4-1-2-5-9-14)12-13-17-22(20,21)15-10-6-3-7-11-15/h3,6-7,10-11,14,17H,1-2,4-5,8-9,12-13H2,(H,18,19). The first-order valence-electron chi connectivity index (χ1n) is 7.92. The van der Waals surface area contributed by atoms with Crippen molar-refractivity contribution in [1.29, 1.82) is 0 Å². The van der Waals surface area contributed by atoms with Crippen LogP contribution in [0.15, 0.2) is 35.2 Å². The van der Waals surface area contributed by atoms with Crippen LogP contribution in [0, 0.1) is 0 Å². The minimum absolute atomic E-state index is 0.0809. The lowest BCUT2D eigenvalue weighted by atomic mass is 10.1. The predicted octanol–water partition coefficient (Wildman–Crippen LogP) is 2.19. The highest BCUT2D eigenvalue weighted by Gasteiger charge is 2.16. The van der Waals surface area contributed by atoms with Crippen molar-refractivity contribution in [2.45, 2.75) is 55.9 Å². The van der Waals surface area contributed by atoms with Gasteiger partial charge in [0.15, 0.2) is 0 Å². The van der Waals surface area contributed by atoms with E-state index in [0.29, 0.717) is 0 Å². The minimum Gasteiger partial charge on any atom is -0.353 e. The lowest BCUT2D eigenvalue weighted by Crippen LogP contribution is -2.36. The Labute approximate surface area is 132 Å². The molecule has 2 rings (SSSR count). The van der Waals surface area contributed by atoms with Gasteiger partial charge >= 0.3 is 0 Å². The molecule has 6 heteroatoms. The number of carbonyl (C=O) groups excluding carboxylic acids is 1. The number of sulfonamides is 1. The van der Waals surface area contributed by atoms with Crippen LogP contribution in [0.25, 0.3) is 0 Å². The van der Waals surface area contributed by atoms with Gasteiger partial charge in [0, 0.05) is 19.0 Å². The molecule has 1 aromatic carbocycles. The van der Waals surface area contributed by atoms with Gasteiger partial charge in [0.25, 0.3) is 0 Å². The van der Waals surface area contributed by atoms with E-state index in [0.717, 1.165) is 25.7 Å². The summed E-state index contributed by atoms with van der Waals surface area (Å²) >= 11 is 0. The molecule has 1 aromatic rings. The molecular weight excluding hydrogens is 300 g/mol. The monoisotopic (exact) mass is 324 g/mol. The summed E-state index contributed by atoms with van der Waals surface area (Å²) in [6, 6.07) is 8.43. The second-order valence-corrected chi connectivity index (χ2v) is 7.48. The second-order valence-electron chi connectivity index (χ2n) is 5.72. The molecule has 22 heavy (non-hydrogen) atoms. The molecule has 1 aliphatic carbocycles. The third kappa shape index (κ3) is 5.42. The Hall–Kier alpha value is -1.40. The number of rotatable bonds is 6. The van der Waals surface area contributed by atoms with Gasteiger partial charge in [-0.05, 0) is 25.0 Å². The topological polar surface area (TPSA) is 75.3 Å². The maximum absolute atomic E-state index is 12.0. The van der Waals surface area contributed by atoms with Crippen LogP contribution in [0.5, 0.6) is 0 Å². The summed E-state index contributed by atoms with van der Waals surface area (Å²) in [5.74, 6) is -0.0809. The Bertz CT molecular complexity index is 564. The Kier molecular flexibility index (Phi) is 6.39. The van der Waals surface area contributed by atoms with E-state index in [2.05, 4.69) is 10.0 Å². The third-order valence-electron chi connectivity index (χ3n) is 3.92. The highest BCUT2D eigenvalue weighted by molar-refractivity contribution is 7.89. The van der Waals surface area contributed by atoms with Crippen molar-refractivity contribution in [3.63, 3.8) is 0 Å². The molecule has 2 N–H and O–H groups in total. The summed E-state index contributed by atoms with van der Waals surface area (Å²) in [7, 11) is -3.52. The average molecular weight is 324 g/mol. The van der Waals surface area contributed by atoms with E-state index >= 15 is 0 Å². The highest BCUT2D eigenvalue weighted by Crippen LogP contribution is 2.17. The molecule has 0 saturated heterocycles. The van der Waals surface area contributed by atoms with Gasteiger partial charge < -0.3 is 5.32 Å². The summed E-state index contributed by atoms with van der Waals surface area (Å²) in [5, 5.41) is 3.01. The van der Waals surface area contributed by atoms with Crippen LogP contribution in [0.3, 0.4) is 0 Å². The zero-order valence-electron chi connectivity index (χ0n) is 12.8. The van der Waals surface area contributed by atoms with Crippen LogP contribution in [0.2, 0.25) is 0 Å². The quantitative estimate of drug-likeness (QED) is 0.788. The van der Waals surface area contributed by atoms with Gasteiger partial charge in [0.2, 0.25) is 15.9 Å². The lowest BCUT2D eigenvalue weighted by Gasteiger charge is -2.16. The zero-order valence-corrected chi connectivity index (χ0v) is 13.6. The Morgan fingerprint density at radius 1 is 1.05 bits per heavy atom. The molecule has 0 radical (unpaired) electrons. The summed E-state index contributed by atoms with van der Waals surface area (Å²) < 4.78 is 26.5. The molecule has 122 valence electrons. The number of hydrogen-bond donors (Lipinski definition) is 2. The van der Waals surface area contributed by atoms with Gasteiger partial charge in [-0.15, -0.1) is 0 Å². The van der Waals surface area contributed by atoms with E-state index in [1.54, 1.807) is 18.2 Å². The summed E-state index contributed by atoms with van der Waals surface area (Å²) in [5.41, 5.74) is 0. The van der Waals surface area contributed by atoms with Gasteiger partial charge in [0.1, 0.15) is 0 Å². The van der Waals surface area contributed by atoms with Crippen LogP contribution in [0.1, 0.15) is 44.9 Å². The molecule has 0 spiro atoms. The fraction of sp³-hybridized carbons (Fsp3) is 0.562. The Morgan fingerprint density at radius 2 is 1.68 bits per heavy atom. The number of carbonyl (C=O) groups is 1. The van der Waals surface area contributed by atoms with Crippen molar-refractivity contribution in [3.8, 4) is 0 Å². The molecule has 1 saturated carbocycles. The van der Waals surface area contributed by atoms with E-state index in [1.165, 1.54) is 25.0 Å². The van der Waals surface area contributed by atoms with Crippen LogP contribution < -0.4 is 10.0 Å². The molecule has 1 fully saturated rings. The number of benzene rings is 1. The van der Waals surface area contributed by atoms with Gasteiger partial charge in [-0.25, -0.2) is 13.1 Å². The van der Waals surface area contributed by atoms with E-state index in [-0.39, 0.29) is 29.8 Å². The first-order chi connectivity index (χ1) is 10.6. The van der Waals surface area contributed by atoms with Crippen LogP contribution >= 0.6 is 0 Å². The number of nitrogens with one attached hydrogen (secondary N) is 2. The van der Waals surface area contributed by atoms with Crippen molar-refractivity contribution >= 4 is 15.9 Å². The van der Waals surface area contributed by atoms with Crippen molar-refractivity contribution in [2.24, 2.45) is 0 Å². The molecule has 1 amide bonds.